The van der Waals surface area contributed by atoms with Gasteiger partial charge < -0.3 is 5.43 Å². The first kappa shape index (κ1) is 13.8. The number of hydrogen-bond acceptors (Lipinski definition) is 3. The van der Waals surface area contributed by atoms with Gasteiger partial charge in [0, 0.05) is 11.1 Å². The van der Waals surface area contributed by atoms with Gasteiger partial charge >= 0.3 is 0 Å². The third-order valence-electron chi connectivity index (χ3n) is 3.66. The minimum Gasteiger partial charge on any atom is -0.323 e. The molecule has 0 unspecified atom stereocenters. The van der Waals surface area contributed by atoms with E-state index in [1.807, 2.05) is 6.92 Å². The van der Waals surface area contributed by atoms with Gasteiger partial charge in [-0.05, 0) is 42.0 Å². The second-order valence-electron chi connectivity index (χ2n) is 6.03. The van der Waals surface area contributed by atoms with Crippen molar-refractivity contribution in [3.63, 3.8) is 0 Å². The van der Waals surface area contributed by atoms with Gasteiger partial charge in [-0.2, -0.15) is 0 Å². The minimum atomic E-state index is 0.122. The van der Waals surface area contributed by atoms with Crippen molar-refractivity contribution in [1.82, 2.24) is 4.98 Å². The summed E-state index contributed by atoms with van der Waals surface area (Å²) < 4.78 is 0. The van der Waals surface area contributed by atoms with E-state index in [-0.39, 0.29) is 5.41 Å². The van der Waals surface area contributed by atoms with Gasteiger partial charge in [0.25, 0.3) is 0 Å². The summed E-state index contributed by atoms with van der Waals surface area (Å²) in [7, 11) is 0. The molecule has 0 aliphatic carbocycles. The first-order valence-electron chi connectivity index (χ1n) is 6.78. The van der Waals surface area contributed by atoms with E-state index < -0.39 is 0 Å². The van der Waals surface area contributed by atoms with Crippen molar-refractivity contribution in [3.8, 4) is 0 Å². The summed E-state index contributed by atoms with van der Waals surface area (Å²) >= 11 is 0. The maximum atomic E-state index is 5.74. The zero-order chi connectivity index (χ0) is 14.2. The maximum absolute atomic E-state index is 5.74. The molecule has 1 heterocycles. The van der Waals surface area contributed by atoms with Crippen molar-refractivity contribution >= 4 is 16.6 Å². The van der Waals surface area contributed by atoms with E-state index in [4.69, 9.17) is 5.84 Å². The summed E-state index contributed by atoms with van der Waals surface area (Å²) in [6.45, 7) is 10.8. The Hall–Kier alpha value is -1.61. The standard InChI is InChI=1S/C16H23N3/c1-6-12-10(2)18-14-8-7-11(16(3,4)5)9-13(14)15(12)19-17/h7-9H,6,17H2,1-5H3,(H,18,19). The van der Waals surface area contributed by atoms with Crippen LogP contribution in [0, 0.1) is 6.92 Å². The van der Waals surface area contributed by atoms with E-state index >= 15 is 0 Å². The van der Waals surface area contributed by atoms with Crippen LogP contribution in [0.1, 0.15) is 44.5 Å². The molecule has 0 bridgehead atoms. The number of aryl methyl sites for hydroxylation is 1. The number of nitrogens with two attached hydrogens (primary N) is 1. The van der Waals surface area contributed by atoms with Crippen LogP contribution in [-0.4, -0.2) is 4.98 Å². The molecule has 0 aliphatic heterocycles. The molecule has 0 saturated heterocycles. The predicted molar refractivity (Wildman–Crippen MR) is 82.4 cm³/mol. The lowest BCUT2D eigenvalue weighted by Crippen LogP contribution is -2.14. The molecule has 1 aromatic carbocycles. The molecule has 0 spiro atoms. The number of nitrogen functional groups attached to an aromatic ring is 1. The molecule has 102 valence electrons. The molecule has 2 aromatic rings. The SMILES string of the molecule is CCc1c(C)nc2ccc(C(C)(C)C)cc2c1NN. The van der Waals surface area contributed by atoms with Gasteiger partial charge in [0.15, 0.2) is 0 Å². The number of nitrogens with one attached hydrogen (secondary N) is 1. The highest BCUT2D eigenvalue weighted by molar-refractivity contribution is 5.93. The number of fused-ring (bicyclic) bond motifs is 1. The van der Waals surface area contributed by atoms with Gasteiger partial charge in [-0.1, -0.05) is 33.8 Å². The van der Waals surface area contributed by atoms with Crippen molar-refractivity contribution in [1.29, 1.82) is 0 Å². The third kappa shape index (κ3) is 2.43. The third-order valence-corrected chi connectivity index (χ3v) is 3.66. The molecule has 0 fully saturated rings. The van der Waals surface area contributed by atoms with Crippen LogP contribution in [0.15, 0.2) is 18.2 Å². The van der Waals surface area contributed by atoms with Gasteiger partial charge in [0.1, 0.15) is 0 Å². The Bertz CT molecular complexity index is 609. The molecule has 1 aromatic heterocycles. The highest BCUT2D eigenvalue weighted by Crippen LogP contribution is 2.32. The second kappa shape index (κ2) is 4.82. The molecule has 0 radical (unpaired) electrons. The summed E-state index contributed by atoms with van der Waals surface area (Å²) in [4.78, 5) is 4.68. The molecular formula is C16H23N3. The van der Waals surface area contributed by atoms with Crippen LogP contribution in [0.4, 0.5) is 5.69 Å². The van der Waals surface area contributed by atoms with Crippen LogP contribution in [0.25, 0.3) is 10.9 Å². The van der Waals surface area contributed by atoms with E-state index in [0.29, 0.717) is 0 Å². The fourth-order valence-corrected chi connectivity index (χ4v) is 2.49. The van der Waals surface area contributed by atoms with E-state index in [1.165, 1.54) is 11.1 Å². The Morgan fingerprint density at radius 1 is 1.26 bits per heavy atom. The molecule has 0 amide bonds. The number of hydrazine groups is 1. The average Bonchev–Trinajstić information content (AvgIpc) is 2.35. The Morgan fingerprint density at radius 3 is 2.47 bits per heavy atom. The summed E-state index contributed by atoms with van der Waals surface area (Å²) in [5.41, 5.74) is 8.54. The van der Waals surface area contributed by atoms with E-state index in [9.17, 15) is 0 Å². The topological polar surface area (TPSA) is 50.9 Å². The van der Waals surface area contributed by atoms with E-state index in [0.717, 1.165) is 28.7 Å². The van der Waals surface area contributed by atoms with Crippen molar-refractivity contribution in [3.05, 3.63) is 35.0 Å². The number of hydrogen-bond donors (Lipinski definition) is 2. The van der Waals surface area contributed by atoms with Crippen LogP contribution < -0.4 is 11.3 Å². The normalized spacial score (nSPS) is 11.9. The lowest BCUT2D eigenvalue weighted by atomic mass is 9.86. The fraction of sp³-hybridized carbons (Fsp3) is 0.438. The van der Waals surface area contributed by atoms with E-state index in [1.54, 1.807) is 0 Å². The Labute approximate surface area is 115 Å². The van der Waals surface area contributed by atoms with Crippen LogP contribution in [-0.2, 0) is 11.8 Å². The molecule has 3 N–H and O–H groups in total. The number of aromatic nitrogens is 1. The first-order valence-corrected chi connectivity index (χ1v) is 6.78. The molecular weight excluding hydrogens is 234 g/mol. The second-order valence-corrected chi connectivity index (χ2v) is 6.03. The van der Waals surface area contributed by atoms with Crippen LogP contribution in [0.5, 0.6) is 0 Å². The lowest BCUT2D eigenvalue weighted by Gasteiger charge is -2.21. The summed E-state index contributed by atoms with van der Waals surface area (Å²) in [6, 6.07) is 6.44. The van der Waals surface area contributed by atoms with Crippen molar-refractivity contribution < 1.29 is 0 Å². The number of pyridine rings is 1. The zero-order valence-corrected chi connectivity index (χ0v) is 12.5. The Kier molecular flexibility index (Phi) is 3.50. The Morgan fingerprint density at radius 2 is 1.95 bits per heavy atom. The largest absolute Gasteiger partial charge is 0.323 e. The molecule has 3 heteroatoms. The monoisotopic (exact) mass is 257 g/mol. The van der Waals surface area contributed by atoms with Gasteiger partial charge in [-0.25, -0.2) is 0 Å². The van der Waals surface area contributed by atoms with Crippen LogP contribution in [0.2, 0.25) is 0 Å². The van der Waals surface area contributed by atoms with Crippen molar-refractivity contribution in [2.75, 3.05) is 5.43 Å². The van der Waals surface area contributed by atoms with Crippen molar-refractivity contribution in [2.24, 2.45) is 5.84 Å². The van der Waals surface area contributed by atoms with Gasteiger partial charge in [0.05, 0.1) is 11.2 Å². The molecule has 3 nitrogen and oxygen atoms in total. The molecule has 19 heavy (non-hydrogen) atoms. The fourth-order valence-electron chi connectivity index (χ4n) is 2.49. The zero-order valence-electron chi connectivity index (χ0n) is 12.5. The lowest BCUT2D eigenvalue weighted by molar-refractivity contribution is 0.591. The number of anilines is 1. The van der Waals surface area contributed by atoms with Crippen LogP contribution >= 0.6 is 0 Å². The summed E-state index contributed by atoms with van der Waals surface area (Å²) in [5.74, 6) is 5.74. The van der Waals surface area contributed by atoms with Gasteiger partial charge in [0.2, 0.25) is 0 Å². The summed E-state index contributed by atoms with van der Waals surface area (Å²) in [5, 5.41) is 1.11. The minimum absolute atomic E-state index is 0.122. The Balaban J connectivity index is 2.80. The molecule has 0 aliphatic rings. The molecule has 2 rings (SSSR count). The number of rotatable bonds is 2. The summed E-state index contributed by atoms with van der Waals surface area (Å²) in [6.07, 6.45) is 0.925. The van der Waals surface area contributed by atoms with Crippen LogP contribution in [0.3, 0.4) is 0 Å². The number of nitrogens with zero attached hydrogens (tertiary/aromatic N) is 1. The highest BCUT2D eigenvalue weighted by Gasteiger charge is 2.16. The quantitative estimate of drug-likeness (QED) is 0.637. The molecule has 0 saturated carbocycles. The van der Waals surface area contributed by atoms with Gasteiger partial charge in [-0.15, -0.1) is 0 Å². The number of benzene rings is 1. The van der Waals surface area contributed by atoms with Gasteiger partial charge in [-0.3, -0.25) is 10.8 Å². The highest BCUT2D eigenvalue weighted by atomic mass is 15.2. The first-order chi connectivity index (χ1) is 8.88. The van der Waals surface area contributed by atoms with E-state index in [2.05, 4.69) is 56.3 Å². The van der Waals surface area contributed by atoms with Crippen molar-refractivity contribution in [2.45, 2.75) is 46.5 Å². The maximum Gasteiger partial charge on any atom is 0.0726 e. The predicted octanol–water partition coefficient (Wildman–Crippen LogP) is 3.69. The molecule has 0 atom stereocenters. The average molecular weight is 257 g/mol. The smallest absolute Gasteiger partial charge is 0.0726 e.